The lowest BCUT2D eigenvalue weighted by molar-refractivity contribution is -0.154. The SMILES string of the molecule is CCNC(=NCc1ccc(OCC(F)(F)F)nc1)NCC(=O)N1CCCC1.I. The topological polar surface area (TPSA) is 78.9 Å². The normalized spacial score (nSPS) is 14.4. The van der Waals surface area contributed by atoms with Crippen molar-refractivity contribution in [2.24, 2.45) is 4.99 Å². The summed E-state index contributed by atoms with van der Waals surface area (Å²) < 4.78 is 40.9. The summed E-state index contributed by atoms with van der Waals surface area (Å²) in [6, 6.07) is 2.97. The van der Waals surface area contributed by atoms with E-state index in [1.54, 1.807) is 6.07 Å². The molecule has 1 saturated heterocycles. The van der Waals surface area contributed by atoms with Crippen LogP contribution in [0.4, 0.5) is 13.2 Å². The highest BCUT2D eigenvalue weighted by molar-refractivity contribution is 14.0. The van der Waals surface area contributed by atoms with Crippen molar-refractivity contribution < 1.29 is 22.7 Å². The van der Waals surface area contributed by atoms with Crippen LogP contribution in [0.25, 0.3) is 0 Å². The van der Waals surface area contributed by atoms with Gasteiger partial charge in [-0.25, -0.2) is 9.98 Å². The van der Waals surface area contributed by atoms with Crippen LogP contribution in [0.1, 0.15) is 25.3 Å². The molecule has 0 unspecified atom stereocenters. The van der Waals surface area contributed by atoms with Crippen molar-refractivity contribution in [3.8, 4) is 5.88 Å². The second kappa shape index (κ2) is 11.9. The number of aliphatic imine (C=N–C) groups is 1. The minimum absolute atomic E-state index is 0. The van der Waals surface area contributed by atoms with Gasteiger partial charge >= 0.3 is 6.18 Å². The number of likely N-dealkylation sites (tertiary alicyclic amines) is 1. The van der Waals surface area contributed by atoms with E-state index >= 15 is 0 Å². The maximum atomic E-state index is 12.1. The summed E-state index contributed by atoms with van der Waals surface area (Å²) in [5.74, 6) is 0.426. The molecule has 0 radical (unpaired) electrons. The molecule has 1 amide bonds. The molecule has 1 aromatic rings. The number of aromatic nitrogens is 1. The molecule has 1 aromatic heterocycles. The fourth-order valence-electron chi connectivity index (χ4n) is 2.50. The Morgan fingerprint density at radius 1 is 1.29 bits per heavy atom. The predicted octanol–water partition coefficient (Wildman–Crippen LogP) is 2.32. The van der Waals surface area contributed by atoms with Gasteiger partial charge in [-0.1, -0.05) is 6.07 Å². The zero-order chi connectivity index (χ0) is 19.7. The second-order valence-electron chi connectivity index (χ2n) is 6.05. The van der Waals surface area contributed by atoms with Gasteiger partial charge in [0.25, 0.3) is 0 Å². The summed E-state index contributed by atoms with van der Waals surface area (Å²) in [6.45, 7) is 3.18. The molecule has 0 aromatic carbocycles. The minimum atomic E-state index is -4.40. The third-order valence-corrected chi connectivity index (χ3v) is 3.81. The van der Waals surface area contributed by atoms with Crippen LogP contribution in [0.2, 0.25) is 0 Å². The average Bonchev–Trinajstić information content (AvgIpc) is 3.17. The van der Waals surface area contributed by atoms with Gasteiger partial charge in [-0.3, -0.25) is 4.79 Å². The highest BCUT2D eigenvalue weighted by Crippen LogP contribution is 2.17. The van der Waals surface area contributed by atoms with Gasteiger partial charge in [0.1, 0.15) is 0 Å². The van der Waals surface area contributed by atoms with Crippen LogP contribution in [0, 0.1) is 0 Å². The highest BCUT2D eigenvalue weighted by Gasteiger charge is 2.28. The molecule has 0 atom stereocenters. The van der Waals surface area contributed by atoms with E-state index in [4.69, 9.17) is 0 Å². The van der Waals surface area contributed by atoms with E-state index in [1.165, 1.54) is 12.3 Å². The van der Waals surface area contributed by atoms with Crippen molar-refractivity contribution in [1.29, 1.82) is 0 Å². The molecule has 0 bridgehead atoms. The van der Waals surface area contributed by atoms with Crippen LogP contribution < -0.4 is 15.4 Å². The summed E-state index contributed by atoms with van der Waals surface area (Å²) >= 11 is 0. The zero-order valence-corrected chi connectivity index (χ0v) is 17.9. The van der Waals surface area contributed by atoms with E-state index < -0.39 is 12.8 Å². The van der Waals surface area contributed by atoms with E-state index in [0.29, 0.717) is 18.1 Å². The Morgan fingerprint density at radius 3 is 2.57 bits per heavy atom. The number of alkyl halides is 3. The molecule has 0 spiro atoms. The molecule has 7 nitrogen and oxygen atoms in total. The van der Waals surface area contributed by atoms with Crippen LogP contribution >= 0.6 is 24.0 Å². The third kappa shape index (κ3) is 8.93. The first-order valence-electron chi connectivity index (χ1n) is 8.82. The van der Waals surface area contributed by atoms with Gasteiger partial charge in [0.15, 0.2) is 12.6 Å². The van der Waals surface area contributed by atoms with Crippen molar-refractivity contribution in [2.75, 3.05) is 32.8 Å². The van der Waals surface area contributed by atoms with Crippen LogP contribution in [0.3, 0.4) is 0 Å². The first-order chi connectivity index (χ1) is 12.9. The largest absolute Gasteiger partial charge is 0.468 e. The van der Waals surface area contributed by atoms with Gasteiger partial charge in [0.2, 0.25) is 11.8 Å². The number of hydrogen-bond donors (Lipinski definition) is 2. The summed E-state index contributed by atoms with van der Waals surface area (Å²) in [6.07, 6.45) is -0.914. The fraction of sp³-hybridized carbons (Fsp3) is 0.588. The lowest BCUT2D eigenvalue weighted by Crippen LogP contribution is -2.44. The van der Waals surface area contributed by atoms with E-state index in [9.17, 15) is 18.0 Å². The Hall–Kier alpha value is -1.79. The smallest absolute Gasteiger partial charge is 0.422 e. The van der Waals surface area contributed by atoms with Crippen LogP contribution in [-0.4, -0.2) is 60.7 Å². The fourth-order valence-corrected chi connectivity index (χ4v) is 2.50. The van der Waals surface area contributed by atoms with E-state index in [-0.39, 0.29) is 48.9 Å². The molecule has 2 rings (SSSR count). The molecular weight excluding hydrogens is 490 g/mol. The molecular formula is C17H25F3IN5O2. The summed E-state index contributed by atoms with van der Waals surface area (Å²) in [4.78, 5) is 22.1. The molecule has 1 aliphatic heterocycles. The zero-order valence-electron chi connectivity index (χ0n) is 15.6. The van der Waals surface area contributed by atoms with E-state index in [1.807, 2.05) is 11.8 Å². The number of halogens is 4. The Kier molecular flexibility index (Phi) is 10.3. The number of pyridine rings is 1. The average molecular weight is 515 g/mol. The van der Waals surface area contributed by atoms with Gasteiger partial charge in [-0.15, -0.1) is 24.0 Å². The van der Waals surface area contributed by atoms with Gasteiger partial charge < -0.3 is 20.3 Å². The first kappa shape index (κ1) is 24.2. The number of carbonyl (C=O) groups excluding carboxylic acids is 1. The van der Waals surface area contributed by atoms with Crippen molar-refractivity contribution in [1.82, 2.24) is 20.5 Å². The molecule has 1 aliphatic rings. The Bertz CT molecular complexity index is 635. The molecule has 0 saturated carbocycles. The Morgan fingerprint density at radius 2 is 2.00 bits per heavy atom. The number of nitrogens with one attached hydrogen (secondary N) is 2. The number of hydrogen-bond acceptors (Lipinski definition) is 4. The quantitative estimate of drug-likeness (QED) is 0.331. The standard InChI is InChI=1S/C17H24F3N5O2.HI/c1-2-21-16(24-11-15(26)25-7-3-4-8-25)23-10-13-5-6-14(22-9-13)27-12-17(18,19)20;/h5-6,9H,2-4,7-8,10-12H2,1H3,(H2,21,23,24);1H. The Balaban J connectivity index is 0.00000392. The molecule has 0 aliphatic carbocycles. The van der Waals surface area contributed by atoms with Crippen molar-refractivity contribution in [3.05, 3.63) is 23.9 Å². The minimum Gasteiger partial charge on any atom is -0.468 e. The van der Waals surface area contributed by atoms with Gasteiger partial charge in [0, 0.05) is 31.9 Å². The molecule has 11 heteroatoms. The van der Waals surface area contributed by atoms with Gasteiger partial charge in [-0.2, -0.15) is 13.2 Å². The Labute approximate surface area is 179 Å². The van der Waals surface area contributed by atoms with Crippen LogP contribution in [0.5, 0.6) is 5.88 Å². The summed E-state index contributed by atoms with van der Waals surface area (Å²) in [7, 11) is 0. The van der Waals surface area contributed by atoms with E-state index in [2.05, 4.69) is 25.3 Å². The summed E-state index contributed by atoms with van der Waals surface area (Å²) in [5, 5.41) is 6.04. The van der Waals surface area contributed by atoms with Gasteiger partial charge in [0.05, 0.1) is 13.1 Å². The number of guanidine groups is 1. The monoisotopic (exact) mass is 515 g/mol. The molecule has 1 fully saturated rings. The first-order valence-corrected chi connectivity index (χ1v) is 8.82. The maximum absolute atomic E-state index is 12.1. The van der Waals surface area contributed by atoms with Crippen molar-refractivity contribution >= 4 is 35.8 Å². The third-order valence-electron chi connectivity index (χ3n) is 3.81. The molecule has 2 N–H and O–H groups in total. The van der Waals surface area contributed by atoms with Crippen molar-refractivity contribution in [3.63, 3.8) is 0 Å². The maximum Gasteiger partial charge on any atom is 0.422 e. The molecule has 2 heterocycles. The van der Waals surface area contributed by atoms with Crippen molar-refractivity contribution in [2.45, 2.75) is 32.5 Å². The molecule has 28 heavy (non-hydrogen) atoms. The molecule has 158 valence electrons. The van der Waals surface area contributed by atoms with E-state index in [0.717, 1.165) is 25.9 Å². The lowest BCUT2D eigenvalue weighted by atomic mass is 10.3. The lowest BCUT2D eigenvalue weighted by Gasteiger charge is -2.17. The van der Waals surface area contributed by atoms with Crippen LogP contribution in [-0.2, 0) is 11.3 Å². The number of rotatable bonds is 7. The second-order valence-corrected chi connectivity index (χ2v) is 6.05. The van der Waals surface area contributed by atoms with Crippen LogP contribution in [0.15, 0.2) is 23.3 Å². The highest BCUT2D eigenvalue weighted by atomic mass is 127. The predicted molar refractivity (Wildman–Crippen MR) is 110 cm³/mol. The number of ether oxygens (including phenoxy) is 1. The number of nitrogens with zero attached hydrogens (tertiary/aromatic N) is 3. The number of amides is 1. The van der Waals surface area contributed by atoms with Gasteiger partial charge in [-0.05, 0) is 25.3 Å². The number of carbonyl (C=O) groups is 1. The summed E-state index contributed by atoms with van der Waals surface area (Å²) in [5.41, 5.74) is 0.706.